The fraction of sp³-hybridized carbons (Fsp3) is 0.556. The number of hydrogen-bond donors (Lipinski definition) is 0. The standard InChI is InChI=1S/C9H12/c1-2-8-5-7-3-4-9(8)6-7/h2-3,8-9H,1,4-6H2. The largest absolute Gasteiger partial charge is 0.103 e. The maximum absolute atomic E-state index is 3.83. The lowest BCUT2D eigenvalue weighted by Crippen LogP contribution is -2.03. The van der Waals surface area contributed by atoms with E-state index in [0.29, 0.717) is 0 Å². The molecular formula is C9H12. The molecule has 0 saturated heterocycles. The van der Waals surface area contributed by atoms with Crippen molar-refractivity contribution in [3.05, 3.63) is 24.3 Å². The van der Waals surface area contributed by atoms with Crippen LogP contribution in [0.25, 0.3) is 0 Å². The summed E-state index contributed by atoms with van der Waals surface area (Å²) in [5.41, 5.74) is 1.69. The second-order valence-electron chi connectivity index (χ2n) is 3.17. The molecule has 0 nitrogen and oxygen atoms in total. The highest BCUT2D eigenvalue weighted by Gasteiger charge is 2.31. The second kappa shape index (κ2) is 1.73. The van der Waals surface area contributed by atoms with Gasteiger partial charge in [0.05, 0.1) is 0 Å². The maximum atomic E-state index is 3.83. The van der Waals surface area contributed by atoms with Gasteiger partial charge in [-0.25, -0.2) is 0 Å². The fourth-order valence-corrected chi connectivity index (χ4v) is 2.06. The van der Waals surface area contributed by atoms with Gasteiger partial charge in [0.25, 0.3) is 0 Å². The maximum Gasteiger partial charge on any atom is -0.0165 e. The van der Waals surface area contributed by atoms with Gasteiger partial charge in [-0.3, -0.25) is 0 Å². The Labute approximate surface area is 56.3 Å². The molecule has 9 heavy (non-hydrogen) atoms. The predicted molar refractivity (Wildman–Crippen MR) is 39.1 cm³/mol. The third-order valence-electron chi connectivity index (χ3n) is 2.64. The predicted octanol–water partition coefficient (Wildman–Crippen LogP) is 2.53. The Balaban J connectivity index is 2.20. The van der Waals surface area contributed by atoms with E-state index < -0.39 is 0 Å². The van der Waals surface area contributed by atoms with Gasteiger partial charge >= 0.3 is 0 Å². The minimum absolute atomic E-state index is 0.824. The molecule has 1 fully saturated rings. The number of hydrogen-bond acceptors (Lipinski definition) is 0. The van der Waals surface area contributed by atoms with Crippen LogP contribution in [-0.2, 0) is 0 Å². The van der Waals surface area contributed by atoms with Crippen LogP contribution in [0.5, 0.6) is 0 Å². The summed E-state index contributed by atoms with van der Waals surface area (Å²) >= 11 is 0. The lowest BCUT2D eigenvalue weighted by atomic mass is 9.92. The Morgan fingerprint density at radius 1 is 1.56 bits per heavy atom. The Hall–Kier alpha value is -0.520. The topological polar surface area (TPSA) is 0 Å². The molecule has 0 N–H and O–H groups in total. The van der Waals surface area contributed by atoms with Crippen LogP contribution in [0.15, 0.2) is 24.3 Å². The van der Waals surface area contributed by atoms with Crippen LogP contribution < -0.4 is 0 Å². The van der Waals surface area contributed by atoms with E-state index in [-0.39, 0.29) is 0 Å². The van der Waals surface area contributed by atoms with Crippen molar-refractivity contribution >= 4 is 0 Å². The van der Waals surface area contributed by atoms with Crippen LogP contribution in [0.4, 0.5) is 0 Å². The van der Waals surface area contributed by atoms with Gasteiger partial charge in [-0.2, -0.15) is 0 Å². The van der Waals surface area contributed by atoms with Gasteiger partial charge in [0, 0.05) is 0 Å². The average Bonchev–Trinajstić information content (AvgIpc) is 2.45. The van der Waals surface area contributed by atoms with Crippen molar-refractivity contribution < 1.29 is 0 Å². The van der Waals surface area contributed by atoms with Gasteiger partial charge in [0.15, 0.2) is 0 Å². The first kappa shape index (κ1) is 5.28. The first-order valence-corrected chi connectivity index (χ1v) is 3.70. The monoisotopic (exact) mass is 120 g/mol. The summed E-state index contributed by atoms with van der Waals surface area (Å²) in [7, 11) is 0. The highest BCUT2D eigenvalue weighted by Crippen LogP contribution is 2.44. The lowest BCUT2D eigenvalue weighted by Gasteiger charge is -2.12. The van der Waals surface area contributed by atoms with E-state index in [1.165, 1.54) is 19.3 Å². The Morgan fingerprint density at radius 2 is 2.44 bits per heavy atom. The number of fused-ring (bicyclic) bond motifs is 2. The summed E-state index contributed by atoms with van der Waals surface area (Å²) in [6.07, 6.45) is 8.55. The van der Waals surface area contributed by atoms with Crippen LogP contribution in [0.2, 0.25) is 0 Å². The molecule has 0 aliphatic heterocycles. The van der Waals surface area contributed by atoms with E-state index in [9.17, 15) is 0 Å². The smallest absolute Gasteiger partial charge is 0.0165 e. The molecule has 2 bridgehead atoms. The Kier molecular flexibility index (Phi) is 1.01. The number of rotatable bonds is 1. The van der Waals surface area contributed by atoms with Crippen molar-refractivity contribution in [1.82, 2.24) is 0 Å². The molecule has 0 aromatic carbocycles. The van der Waals surface area contributed by atoms with E-state index in [2.05, 4.69) is 18.7 Å². The van der Waals surface area contributed by atoms with Crippen molar-refractivity contribution in [2.75, 3.05) is 0 Å². The van der Waals surface area contributed by atoms with Crippen molar-refractivity contribution in [3.63, 3.8) is 0 Å². The molecule has 48 valence electrons. The summed E-state index contributed by atoms with van der Waals surface area (Å²) in [6, 6.07) is 0. The molecule has 0 radical (unpaired) electrons. The molecule has 0 spiro atoms. The molecule has 2 aliphatic carbocycles. The first-order valence-electron chi connectivity index (χ1n) is 3.70. The molecule has 1 saturated carbocycles. The van der Waals surface area contributed by atoms with E-state index in [1.54, 1.807) is 5.57 Å². The third kappa shape index (κ3) is 0.658. The zero-order chi connectivity index (χ0) is 6.27. The Morgan fingerprint density at radius 3 is 2.78 bits per heavy atom. The highest BCUT2D eigenvalue weighted by atomic mass is 14.4. The van der Waals surface area contributed by atoms with Crippen molar-refractivity contribution in [2.45, 2.75) is 19.3 Å². The summed E-state index contributed by atoms with van der Waals surface area (Å²) in [6.45, 7) is 3.83. The second-order valence-corrected chi connectivity index (χ2v) is 3.17. The van der Waals surface area contributed by atoms with E-state index >= 15 is 0 Å². The molecule has 0 aromatic rings. The summed E-state index contributed by atoms with van der Waals surface area (Å²) in [5.74, 6) is 1.77. The number of allylic oxidation sites excluding steroid dienone is 3. The van der Waals surface area contributed by atoms with Crippen molar-refractivity contribution in [3.8, 4) is 0 Å². The first-order chi connectivity index (χ1) is 4.40. The minimum Gasteiger partial charge on any atom is -0.103 e. The van der Waals surface area contributed by atoms with Crippen LogP contribution in [0.3, 0.4) is 0 Å². The zero-order valence-electron chi connectivity index (χ0n) is 5.64. The van der Waals surface area contributed by atoms with E-state index in [4.69, 9.17) is 0 Å². The van der Waals surface area contributed by atoms with Gasteiger partial charge in [-0.05, 0) is 31.1 Å². The fourth-order valence-electron chi connectivity index (χ4n) is 2.06. The van der Waals surface area contributed by atoms with Gasteiger partial charge in [-0.15, -0.1) is 6.58 Å². The average molecular weight is 120 g/mol. The molecule has 2 rings (SSSR count). The minimum atomic E-state index is 0.824. The molecular weight excluding hydrogens is 108 g/mol. The highest BCUT2D eigenvalue weighted by molar-refractivity contribution is 5.20. The Bertz CT molecular complexity index is 165. The van der Waals surface area contributed by atoms with E-state index in [1.807, 2.05) is 0 Å². The van der Waals surface area contributed by atoms with Crippen LogP contribution in [-0.4, -0.2) is 0 Å². The molecule has 0 heteroatoms. The molecule has 2 unspecified atom stereocenters. The summed E-state index contributed by atoms with van der Waals surface area (Å²) < 4.78 is 0. The van der Waals surface area contributed by atoms with Crippen molar-refractivity contribution in [2.24, 2.45) is 11.8 Å². The van der Waals surface area contributed by atoms with Crippen LogP contribution >= 0.6 is 0 Å². The summed E-state index contributed by atoms with van der Waals surface area (Å²) in [4.78, 5) is 0. The molecule has 0 amide bonds. The van der Waals surface area contributed by atoms with Gasteiger partial charge in [-0.1, -0.05) is 17.7 Å². The van der Waals surface area contributed by atoms with E-state index in [0.717, 1.165) is 11.8 Å². The van der Waals surface area contributed by atoms with Crippen molar-refractivity contribution in [1.29, 1.82) is 0 Å². The molecule has 2 aliphatic rings. The van der Waals surface area contributed by atoms with Crippen LogP contribution in [0.1, 0.15) is 19.3 Å². The van der Waals surface area contributed by atoms with Crippen LogP contribution in [0, 0.1) is 11.8 Å². The molecule has 0 aromatic heterocycles. The summed E-state index contributed by atoms with van der Waals surface area (Å²) in [5, 5.41) is 0. The lowest BCUT2D eigenvalue weighted by molar-refractivity contribution is 0.468. The SMILES string of the molecule is C=CC1CC2=CCC1C2. The quantitative estimate of drug-likeness (QED) is 0.466. The third-order valence-corrected chi connectivity index (χ3v) is 2.64. The van der Waals surface area contributed by atoms with Gasteiger partial charge < -0.3 is 0 Å². The normalized spacial score (nSPS) is 38.9. The van der Waals surface area contributed by atoms with Gasteiger partial charge in [0.1, 0.15) is 0 Å². The molecule has 2 atom stereocenters. The zero-order valence-corrected chi connectivity index (χ0v) is 5.64. The molecule has 0 heterocycles. The van der Waals surface area contributed by atoms with Gasteiger partial charge in [0.2, 0.25) is 0 Å².